The first kappa shape index (κ1) is 29.0. The van der Waals surface area contributed by atoms with Crippen molar-refractivity contribution in [3.63, 3.8) is 0 Å². The zero-order chi connectivity index (χ0) is 30.2. The van der Waals surface area contributed by atoms with E-state index in [1.165, 1.54) is 20.1 Å². The van der Waals surface area contributed by atoms with Crippen LogP contribution in [0.1, 0.15) is 52.9 Å². The van der Waals surface area contributed by atoms with E-state index in [1.807, 2.05) is 6.92 Å². The van der Waals surface area contributed by atoms with Gasteiger partial charge in [0.2, 0.25) is 12.1 Å². The lowest BCUT2D eigenvalue weighted by Gasteiger charge is -2.68. The van der Waals surface area contributed by atoms with Gasteiger partial charge in [0, 0.05) is 25.5 Å². The van der Waals surface area contributed by atoms with Gasteiger partial charge in [-0.1, -0.05) is 18.6 Å². The number of aliphatic hydroxyl groups excluding tert-OH is 2. The molecule has 12 heteroatoms. The van der Waals surface area contributed by atoms with Crippen LogP contribution >= 0.6 is 0 Å². The Labute approximate surface area is 243 Å². The fraction of sp³-hybridized carbons (Fsp3) is 0.800. The third-order valence-corrected chi connectivity index (χ3v) is 12.0. The van der Waals surface area contributed by atoms with Crippen LogP contribution in [0.5, 0.6) is 0 Å². The van der Waals surface area contributed by atoms with Gasteiger partial charge in [0.25, 0.3) is 0 Å². The molecule has 0 bridgehead atoms. The maximum atomic E-state index is 14.2. The number of carbonyl (C=O) groups excluding carboxylic acids is 2. The Morgan fingerprint density at radius 1 is 1.10 bits per heavy atom. The quantitative estimate of drug-likeness (QED) is 0.208. The lowest BCUT2D eigenvalue weighted by atomic mass is 9.41. The van der Waals surface area contributed by atoms with E-state index in [-0.39, 0.29) is 38.4 Å². The molecule has 0 radical (unpaired) electrons. The number of rotatable bonds is 2. The Bertz CT molecular complexity index is 1280. The minimum Gasteiger partial charge on any atom is -0.458 e. The number of ether oxygens (including phenoxy) is 5. The largest absolute Gasteiger partial charge is 0.458 e. The van der Waals surface area contributed by atoms with E-state index in [4.69, 9.17) is 23.7 Å². The Morgan fingerprint density at radius 3 is 2.50 bits per heavy atom. The molecular formula is C30H40O12. The number of hydrogen-bond acceptors (Lipinski definition) is 12. The second-order valence-electron chi connectivity index (χ2n) is 13.9. The average Bonchev–Trinajstić information content (AvgIpc) is 3.47. The summed E-state index contributed by atoms with van der Waals surface area (Å²) in [6.07, 6.45) is -3.14. The highest BCUT2D eigenvalue weighted by Gasteiger charge is 2.81. The second kappa shape index (κ2) is 8.92. The summed E-state index contributed by atoms with van der Waals surface area (Å²) in [6.45, 7) is 5.10. The molecule has 42 heavy (non-hydrogen) atoms. The smallest absolute Gasteiger partial charge is 0.331 e. The highest BCUT2D eigenvalue weighted by atomic mass is 16.8. The Balaban J connectivity index is 1.30. The third-order valence-electron chi connectivity index (χ3n) is 12.0. The highest BCUT2D eigenvalue weighted by molar-refractivity contribution is 5.94. The molecule has 3 saturated carbocycles. The van der Waals surface area contributed by atoms with Gasteiger partial charge in [0.15, 0.2) is 5.78 Å². The van der Waals surface area contributed by atoms with Gasteiger partial charge in [-0.15, -0.1) is 0 Å². The molecule has 0 aromatic rings. The van der Waals surface area contributed by atoms with E-state index in [0.717, 1.165) is 0 Å². The van der Waals surface area contributed by atoms with Crippen molar-refractivity contribution in [2.45, 2.75) is 113 Å². The van der Waals surface area contributed by atoms with E-state index >= 15 is 0 Å². The normalized spacial score (nSPS) is 56.7. The first-order chi connectivity index (χ1) is 19.6. The molecule has 5 N–H and O–H groups in total. The van der Waals surface area contributed by atoms with Gasteiger partial charge in [-0.25, -0.2) is 4.79 Å². The molecule has 232 valence electrons. The zero-order valence-electron chi connectivity index (χ0n) is 24.2. The maximum Gasteiger partial charge on any atom is 0.331 e. The van der Waals surface area contributed by atoms with Gasteiger partial charge in [-0.3, -0.25) is 4.79 Å². The summed E-state index contributed by atoms with van der Waals surface area (Å²) in [5.74, 6) is -5.10. The lowest BCUT2D eigenvalue weighted by Crippen LogP contribution is -2.82. The van der Waals surface area contributed by atoms with Crippen molar-refractivity contribution < 1.29 is 58.8 Å². The molecule has 3 aliphatic heterocycles. The molecule has 0 aromatic heterocycles. The summed E-state index contributed by atoms with van der Waals surface area (Å²) in [6, 6.07) is 0. The predicted molar refractivity (Wildman–Crippen MR) is 140 cm³/mol. The van der Waals surface area contributed by atoms with E-state index < -0.39 is 88.2 Å². The Hall–Kier alpha value is -1.74. The second-order valence-corrected chi connectivity index (χ2v) is 13.9. The molecule has 3 heterocycles. The molecule has 7 aliphatic rings. The number of Topliss-reactive ketones (excluding diaryl/α,β-unsaturated/α-hetero) is 1. The molecule has 4 aliphatic carbocycles. The van der Waals surface area contributed by atoms with Crippen molar-refractivity contribution in [2.24, 2.45) is 22.7 Å². The topological polar surface area (TPSA) is 181 Å². The molecule has 14 atom stereocenters. The fourth-order valence-corrected chi connectivity index (χ4v) is 9.89. The van der Waals surface area contributed by atoms with Crippen LogP contribution < -0.4 is 0 Å². The van der Waals surface area contributed by atoms with Gasteiger partial charge in [0.05, 0.1) is 23.7 Å². The summed E-state index contributed by atoms with van der Waals surface area (Å²) < 4.78 is 29.0. The van der Waals surface area contributed by atoms with Crippen molar-refractivity contribution in [3.05, 3.63) is 23.3 Å². The van der Waals surface area contributed by atoms with Crippen LogP contribution in [0, 0.1) is 22.7 Å². The van der Waals surface area contributed by atoms with Crippen molar-refractivity contribution in [2.75, 3.05) is 13.7 Å². The minimum absolute atomic E-state index is 0.0323. The van der Waals surface area contributed by atoms with Crippen molar-refractivity contribution >= 4 is 11.8 Å². The minimum atomic E-state index is -2.29. The maximum absolute atomic E-state index is 14.2. The van der Waals surface area contributed by atoms with Gasteiger partial charge < -0.3 is 49.2 Å². The Morgan fingerprint density at radius 2 is 1.83 bits per heavy atom. The van der Waals surface area contributed by atoms with Crippen LogP contribution in [0.2, 0.25) is 0 Å². The summed E-state index contributed by atoms with van der Waals surface area (Å²) in [5, 5.41) is 60.1. The fourth-order valence-electron chi connectivity index (χ4n) is 9.89. The number of hydrogen-bond donors (Lipinski definition) is 5. The SMILES string of the molecule is CO[C@@H]1C[C@@H](C)O[C@H]2O[C@@H]3C=C4C[C@@H](O)[C@]5(O)[C@H]([C@H](O)C(=O)[C@]6(C)[C@@H](C7=CC(=O)OC7)CC[C@]56O)[C@@]4(C)C[C@H]3O[C@]21O. The summed E-state index contributed by atoms with van der Waals surface area (Å²) in [4.78, 5) is 26.1. The lowest BCUT2D eigenvalue weighted by molar-refractivity contribution is -0.450. The molecule has 5 fully saturated rings. The first-order valence-corrected chi connectivity index (χ1v) is 14.8. The number of cyclic esters (lactones) is 1. The van der Waals surface area contributed by atoms with E-state index in [2.05, 4.69) is 0 Å². The third kappa shape index (κ3) is 3.28. The van der Waals surface area contributed by atoms with Crippen molar-refractivity contribution in [3.8, 4) is 0 Å². The van der Waals surface area contributed by atoms with Crippen LogP contribution in [0.3, 0.4) is 0 Å². The number of aliphatic hydroxyl groups is 5. The summed E-state index contributed by atoms with van der Waals surface area (Å²) in [7, 11) is 1.47. The van der Waals surface area contributed by atoms with Crippen LogP contribution in [-0.2, 0) is 33.3 Å². The number of methoxy groups -OCH3 is 1. The van der Waals surface area contributed by atoms with Crippen LogP contribution in [0.15, 0.2) is 23.3 Å². The van der Waals surface area contributed by atoms with E-state index in [1.54, 1.807) is 13.0 Å². The van der Waals surface area contributed by atoms with Crippen molar-refractivity contribution in [1.82, 2.24) is 0 Å². The number of carbonyl (C=O) groups is 2. The molecule has 0 spiro atoms. The monoisotopic (exact) mass is 592 g/mol. The standard InChI is InChI=1S/C30H40O12/c1-13-7-20(38-4)30(37)25(40-13)41-17-9-15-10-19(31)29(36)23(26(15,2)11-18(17)42-30)22(33)24(34)27(3)16(5-6-28(27,29)35)14-8-21(32)39-12-14/h8-9,13,16-20,22-23,25,31,33,35-37H,5-7,10-12H2,1-4H3/t13-,16-,17-,18-,19-,20-,22+,23-,25+,26+,27+,28-,29+,30+/m1/s1. The Kier molecular flexibility index (Phi) is 6.16. The molecule has 12 nitrogen and oxygen atoms in total. The van der Waals surface area contributed by atoms with Crippen LogP contribution in [-0.4, -0.2) is 111 Å². The van der Waals surface area contributed by atoms with E-state index in [9.17, 15) is 35.1 Å². The van der Waals surface area contributed by atoms with Gasteiger partial charge in [-0.05, 0) is 56.4 Å². The summed E-state index contributed by atoms with van der Waals surface area (Å²) >= 11 is 0. The molecule has 0 amide bonds. The molecule has 0 unspecified atom stereocenters. The van der Waals surface area contributed by atoms with Gasteiger partial charge in [-0.2, -0.15) is 0 Å². The highest BCUT2D eigenvalue weighted by Crippen LogP contribution is 2.70. The van der Waals surface area contributed by atoms with Gasteiger partial charge >= 0.3 is 5.97 Å². The molecule has 2 saturated heterocycles. The van der Waals surface area contributed by atoms with Gasteiger partial charge in [0.1, 0.15) is 36.1 Å². The first-order valence-electron chi connectivity index (χ1n) is 14.8. The van der Waals surface area contributed by atoms with Crippen molar-refractivity contribution in [1.29, 1.82) is 0 Å². The van der Waals surface area contributed by atoms with Crippen LogP contribution in [0.4, 0.5) is 0 Å². The van der Waals surface area contributed by atoms with Crippen LogP contribution in [0.25, 0.3) is 0 Å². The molecule has 0 aromatic carbocycles. The number of ketones is 1. The molecular weight excluding hydrogens is 552 g/mol. The van der Waals surface area contributed by atoms with E-state index in [0.29, 0.717) is 17.6 Å². The zero-order valence-corrected chi connectivity index (χ0v) is 24.2. The average molecular weight is 593 g/mol. The summed E-state index contributed by atoms with van der Waals surface area (Å²) in [5.41, 5.74) is -6.07. The number of esters is 1. The number of fused-ring (bicyclic) bond motifs is 7. The molecule has 7 rings (SSSR count). The predicted octanol–water partition coefficient (Wildman–Crippen LogP) is -0.369.